The minimum absolute atomic E-state index is 0.0607. The summed E-state index contributed by atoms with van der Waals surface area (Å²) in [6.07, 6.45) is 1.77. The molecule has 0 spiro atoms. The molecule has 0 bridgehead atoms. The number of nitriles is 1. The average Bonchev–Trinajstić information content (AvgIpc) is 2.63. The molecule has 3 rings (SSSR count). The fourth-order valence-electron chi connectivity index (χ4n) is 2.51. The lowest BCUT2D eigenvalue weighted by Gasteiger charge is -2.19. The van der Waals surface area contributed by atoms with Crippen LogP contribution in [0, 0.1) is 11.3 Å². The molecule has 0 amide bonds. The van der Waals surface area contributed by atoms with Gasteiger partial charge in [0, 0.05) is 10.0 Å². The van der Waals surface area contributed by atoms with E-state index in [9.17, 15) is 4.79 Å². The predicted octanol–water partition coefficient (Wildman–Crippen LogP) is 4.02. The van der Waals surface area contributed by atoms with Crippen LogP contribution in [0.5, 0.6) is 17.2 Å². The van der Waals surface area contributed by atoms with E-state index in [1.165, 1.54) is 7.11 Å². The lowest BCUT2D eigenvalue weighted by Crippen LogP contribution is -2.19. The normalized spacial score (nSPS) is 14.4. The zero-order valence-corrected chi connectivity index (χ0v) is 15.0. The van der Waals surface area contributed by atoms with Crippen molar-refractivity contribution in [1.29, 1.82) is 5.26 Å². The van der Waals surface area contributed by atoms with Crippen LogP contribution >= 0.6 is 15.9 Å². The smallest absolute Gasteiger partial charge is 0.196 e. The molecule has 126 valence electrons. The Balaban J connectivity index is 1.91. The Morgan fingerprint density at radius 2 is 2.12 bits per heavy atom. The van der Waals surface area contributed by atoms with Gasteiger partial charge in [0.1, 0.15) is 18.4 Å². The first-order valence-electron chi connectivity index (χ1n) is 7.48. The minimum Gasteiger partial charge on any atom is -0.493 e. The highest BCUT2D eigenvalue weighted by Gasteiger charge is 2.23. The molecular formula is C19H14BrNO4. The molecule has 0 aliphatic carbocycles. The maximum Gasteiger partial charge on any atom is 0.196 e. The fourth-order valence-corrected chi connectivity index (χ4v) is 2.87. The molecule has 0 atom stereocenters. The summed E-state index contributed by atoms with van der Waals surface area (Å²) in [6, 6.07) is 12.5. The zero-order valence-electron chi connectivity index (χ0n) is 13.4. The Kier molecular flexibility index (Phi) is 5.05. The zero-order chi connectivity index (χ0) is 17.8. The number of halogens is 1. The Morgan fingerprint density at radius 3 is 2.88 bits per heavy atom. The van der Waals surface area contributed by atoms with Crippen LogP contribution in [0.2, 0.25) is 0 Å². The lowest BCUT2D eigenvalue weighted by molar-refractivity contribution is 0.100. The molecule has 0 aromatic heterocycles. The van der Waals surface area contributed by atoms with Gasteiger partial charge in [-0.15, -0.1) is 0 Å². The first-order valence-corrected chi connectivity index (χ1v) is 8.27. The van der Waals surface area contributed by atoms with Crippen LogP contribution in [0.1, 0.15) is 15.9 Å². The monoisotopic (exact) mass is 399 g/mol. The van der Waals surface area contributed by atoms with Crippen molar-refractivity contribution in [2.45, 2.75) is 0 Å². The summed E-state index contributed by atoms with van der Waals surface area (Å²) in [6.45, 7) is 0.150. The van der Waals surface area contributed by atoms with Gasteiger partial charge in [-0.1, -0.05) is 22.0 Å². The number of fused-ring (bicyclic) bond motifs is 1. The van der Waals surface area contributed by atoms with Crippen LogP contribution in [-0.4, -0.2) is 26.1 Å². The average molecular weight is 400 g/mol. The molecule has 0 saturated heterocycles. The van der Waals surface area contributed by atoms with Crippen LogP contribution in [0.15, 0.2) is 46.4 Å². The summed E-state index contributed by atoms with van der Waals surface area (Å²) in [5, 5.41) is 8.61. The van der Waals surface area contributed by atoms with Crippen LogP contribution in [0.3, 0.4) is 0 Å². The number of rotatable bonds is 4. The number of ketones is 1. The van der Waals surface area contributed by atoms with Crippen molar-refractivity contribution in [3.05, 3.63) is 57.6 Å². The van der Waals surface area contributed by atoms with Crippen molar-refractivity contribution in [3.63, 3.8) is 0 Å². The van der Waals surface area contributed by atoms with Gasteiger partial charge in [0.15, 0.2) is 23.9 Å². The second-order valence-corrected chi connectivity index (χ2v) is 6.20. The standard InChI is InChI=1S/C19H14BrNO4/c1-23-18-9-12(2-4-17(18)24-7-6-21)8-13-11-25-16-5-3-14(20)10-15(16)19(13)22/h2-5,8-10H,7,11H2,1H3/b13-8+. The summed E-state index contributed by atoms with van der Waals surface area (Å²) < 4.78 is 17.1. The van der Waals surface area contributed by atoms with E-state index >= 15 is 0 Å². The minimum atomic E-state index is -0.0636. The molecule has 0 radical (unpaired) electrons. The Labute approximate surface area is 153 Å². The number of carbonyl (C=O) groups is 1. The number of nitrogens with zero attached hydrogens (tertiary/aromatic N) is 1. The largest absolute Gasteiger partial charge is 0.493 e. The third-order valence-electron chi connectivity index (χ3n) is 3.68. The number of methoxy groups -OCH3 is 1. The third-order valence-corrected chi connectivity index (χ3v) is 4.18. The number of Topliss-reactive ketones (excluding diaryl/α,β-unsaturated/α-hetero) is 1. The van der Waals surface area contributed by atoms with Gasteiger partial charge in [0.25, 0.3) is 0 Å². The number of benzene rings is 2. The highest BCUT2D eigenvalue weighted by Crippen LogP contribution is 2.32. The van der Waals surface area contributed by atoms with Gasteiger partial charge in [-0.2, -0.15) is 5.26 Å². The highest BCUT2D eigenvalue weighted by atomic mass is 79.9. The summed E-state index contributed by atoms with van der Waals surface area (Å²) >= 11 is 3.37. The summed E-state index contributed by atoms with van der Waals surface area (Å²) in [7, 11) is 1.52. The van der Waals surface area contributed by atoms with Gasteiger partial charge < -0.3 is 14.2 Å². The molecular weight excluding hydrogens is 386 g/mol. The van der Waals surface area contributed by atoms with Gasteiger partial charge in [0.05, 0.1) is 12.7 Å². The van der Waals surface area contributed by atoms with Crippen molar-refractivity contribution in [2.24, 2.45) is 0 Å². The van der Waals surface area contributed by atoms with E-state index in [0.29, 0.717) is 28.4 Å². The van der Waals surface area contributed by atoms with Crippen LogP contribution in [0.25, 0.3) is 6.08 Å². The van der Waals surface area contributed by atoms with Crippen molar-refractivity contribution in [3.8, 4) is 23.3 Å². The number of hydrogen-bond donors (Lipinski definition) is 0. The number of ether oxygens (including phenoxy) is 3. The highest BCUT2D eigenvalue weighted by molar-refractivity contribution is 9.10. The summed E-state index contributed by atoms with van der Waals surface area (Å²) in [4.78, 5) is 12.7. The lowest BCUT2D eigenvalue weighted by atomic mass is 9.98. The maximum atomic E-state index is 12.7. The quantitative estimate of drug-likeness (QED) is 0.726. The van der Waals surface area contributed by atoms with Crippen LogP contribution in [0.4, 0.5) is 0 Å². The molecule has 5 nitrogen and oxygen atoms in total. The second kappa shape index (κ2) is 7.41. The number of carbonyl (C=O) groups excluding carboxylic acids is 1. The molecule has 6 heteroatoms. The molecule has 1 aliphatic heterocycles. The first kappa shape index (κ1) is 17.1. The van der Waals surface area contributed by atoms with Crippen LogP contribution in [-0.2, 0) is 0 Å². The Bertz CT molecular complexity index is 899. The Morgan fingerprint density at radius 1 is 1.28 bits per heavy atom. The summed E-state index contributed by atoms with van der Waals surface area (Å²) in [5.41, 5.74) is 1.87. The van der Waals surface area contributed by atoms with E-state index in [1.54, 1.807) is 36.4 Å². The van der Waals surface area contributed by atoms with E-state index in [2.05, 4.69) is 15.9 Å². The van der Waals surface area contributed by atoms with Gasteiger partial charge >= 0.3 is 0 Å². The number of hydrogen-bond acceptors (Lipinski definition) is 5. The van der Waals surface area contributed by atoms with Gasteiger partial charge in [-0.05, 0) is 42.0 Å². The van der Waals surface area contributed by atoms with E-state index in [-0.39, 0.29) is 19.0 Å². The van der Waals surface area contributed by atoms with Crippen molar-refractivity contribution >= 4 is 27.8 Å². The van der Waals surface area contributed by atoms with Crippen LogP contribution < -0.4 is 14.2 Å². The van der Waals surface area contributed by atoms with Gasteiger partial charge in [-0.3, -0.25) is 4.79 Å². The van der Waals surface area contributed by atoms with Crippen molar-refractivity contribution in [2.75, 3.05) is 20.3 Å². The molecule has 0 saturated carbocycles. The molecule has 0 unspecified atom stereocenters. The molecule has 2 aromatic carbocycles. The third kappa shape index (κ3) is 3.67. The maximum absolute atomic E-state index is 12.7. The molecule has 0 fully saturated rings. The molecule has 1 heterocycles. The Hall–Kier alpha value is -2.78. The molecule has 0 N–H and O–H groups in total. The summed E-state index contributed by atoms with van der Waals surface area (Å²) in [5.74, 6) is 1.50. The van der Waals surface area contributed by atoms with E-state index < -0.39 is 0 Å². The molecule has 2 aromatic rings. The second-order valence-electron chi connectivity index (χ2n) is 5.28. The SMILES string of the molecule is COc1cc(/C=C2\COc3ccc(Br)cc3C2=O)ccc1OCC#N. The fraction of sp³-hybridized carbons (Fsp3) is 0.158. The van der Waals surface area contributed by atoms with Gasteiger partial charge in [0.2, 0.25) is 0 Å². The van der Waals surface area contributed by atoms with Crippen molar-refractivity contribution < 1.29 is 19.0 Å². The predicted molar refractivity (Wildman–Crippen MR) is 96.0 cm³/mol. The van der Waals surface area contributed by atoms with E-state index in [1.807, 2.05) is 12.1 Å². The first-order chi connectivity index (χ1) is 12.1. The topological polar surface area (TPSA) is 68.6 Å². The van der Waals surface area contributed by atoms with Gasteiger partial charge in [-0.25, -0.2) is 0 Å². The molecule has 1 aliphatic rings. The molecule has 25 heavy (non-hydrogen) atoms. The van der Waals surface area contributed by atoms with E-state index in [0.717, 1.165) is 10.0 Å². The van der Waals surface area contributed by atoms with Crippen molar-refractivity contribution in [1.82, 2.24) is 0 Å². The van der Waals surface area contributed by atoms with E-state index in [4.69, 9.17) is 19.5 Å².